The number of pyridine rings is 2. The standard InChI is InChI=1S/C27H16F3N3O3S/c28-27(29,30)37(34,35)36-19-12-10-17(11-13-19)23-16-33-15-14-21-24(26(33)32-23)20-8-4-5-9-22(20)31-25(21)18-6-2-1-3-7-18/h1-16H. The topological polar surface area (TPSA) is 73.6 Å². The lowest BCUT2D eigenvalue weighted by Gasteiger charge is -2.11. The Labute approximate surface area is 208 Å². The van der Waals surface area contributed by atoms with Gasteiger partial charge in [-0.2, -0.15) is 21.6 Å². The molecule has 0 spiro atoms. The molecule has 3 heterocycles. The maximum atomic E-state index is 12.6. The van der Waals surface area contributed by atoms with Crippen LogP contribution < -0.4 is 4.18 Å². The van der Waals surface area contributed by atoms with Crippen LogP contribution in [0.5, 0.6) is 5.75 Å². The number of hydrogen-bond acceptors (Lipinski definition) is 5. The van der Waals surface area contributed by atoms with Crippen LogP contribution in [-0.2, 0) is 10.1 Å². The fourth-order valence-corrected chi connectivity index (χ4v) is 4.75. The highest BCUT2D eigenvalue weighted by atomic mass is 32.2. The maximum Gasteiger partial charge on any atom is 0.534 e. The largest absolute Gasteiger partial charge is 0.534 e. The summed E-state index contributed by atoms with van der Waals surface area (Å²) in [5.41, 5.74) is -1.07. The summed E-state index contributed by atoms with van der Waals surface area (Å²) in [5.74, 6) is -0.445. The van der Waals surface area contributed by atoms with E-state index in [9.17, 15) is 21.6 Å². The molecule has 0 amide bonds. The molecule has 6 rings (SSSR count). The van der Waals surface area contributed by atoms with E-state index >= 15 is 0 Å². The second-order valence-electron chi connectivity index (χ2n) is 8.31. The van der Waals surface area contributed by atoms with Crippen LogP contribution in [0.25, 0.3) is 49.8 Å². The zero-order chi connectivity index (χ0) is 25.8. The molecule has 37 heavy (non-hydrogen) atoms. The lowest BCUT2D eigenvalue weighted by molar-refractivity contribution is -0.0500. The van der Waals surface area contributed by atoms with Gasteiger partial charge < -0.3 is 8.58 Å². The predicted octanol–water partition coefficient (Wildman–Crippen LogP) is 6.60. The number of fused-ring (bicyclic) bond motifs is 5. The first-order valence-electron chi connectivity index (χ1n) is 11.1. The minimum atomic E-state index is -5.75. The number of aromatic nitrogens is 3. The molecule has 0 fully saturated rings. The number of hydrogen-bond donors (Lipinski definition) is 0. The molecule has 3 aromatic heterocycles. The van der Waals surface area contributed by atoms with Crippen molar-refractivity contribution >= 4 is 37.4 Å². The van der Waals surface area contributed by atoms with Gasteiger partial charge in [-0.15, -0.1) is 0 Å². The van der Waals surface area contributed by atoms with Crippen LogP contribution in [0.15, 0.2) is 97.3 Å². The van der Waals surface area contributed by atoms with Crippen LogP contribution >= 0.6 is 0 Å². The molecule has 0 radical (unpaired) electrons. The first-order valence-corrected chi connectivity index (χ1v) is 12.5. The number of imidazole rings is 1. The van der Waals surface area contributed by atoms with Crippen LogP contribution in [0.2, 0.25) is 0 Å². The molecule has 3 aromatic carbocycles. The number of nitrogens with zero attached hydrogens (tertiary/aromatic N) is 3. The number of rotatable bonds is 4. The lowest BCUT2D eigenvalue weighted by Crippen LogP contribution is -2.28. The van der Waals surface area contributed by atoms with Crippen molar-refractivity contribution in [1.29, 1.82) is 0 Å². The van der Waals surface area contributed by atoms with Crippen LogP contribution in [0.3, 0.4) is 0 Å². The third-order valence-corrected chi connectivity index (χ3v) is 6.95. The molecule has 0 N–H and O–H groups in total. The van der Waals surface area contributed by atoms with E-state index in [0.717, 1.165) is 45.1 Å². The fraction of sp³-hybridized carbons (Fsp3) is 0.0370. The Morgan fingerprint density at radius 1 is 0.757 bits per heavy atom. The Morgan fingerprint density at radius 2 is 1.46 bits per heavy atom. The van der Waals surface area contributed by atoms with Crippen molar-refractivity contribution in [2.75, 3.05) is 0 Å². The van der Waals surface area contributed by atoms with Crippen LogP contribution in [0, 0.1) is 0 Å². The normalized spacial score (nSPS) is 12.4. The molecule has 0 unspecified atom stereocenters. The summed E-state index contributed by atoms with van der Waals surface area (Å²) >= 11 is 0. The van der Waals surface area contributed by atoms with Gasteiger partial charge in [-0.3, -0.25) is 0 Å². The Balaban J connectivity index is 1.50. The summed E-state index contributed by atoms with van der Waals surface area (Å²) in [6.45, 7) is 0. The van der Waals surface area contributed by atoms with E-state index in [1.807, 2.05) is 71.3 Å². The Hall–Kier alpha value is -4.44. The molecule has 0 bridgehead atoms. The summed E-state index contributed by atoms with van der Waals surface area (Å²) in [6, 6.07) is 24.9. The zero-order valence-electron chi connectivity index (χ0n) is 18.8. The van der Waals surface area contributed by atoms with Crippen molar-refractivity contribution in [2.24, 2.45) is 0 Å². The van der Waals surface area contributed by atoms with E-state index in [-0.39, 0.29) is 0 Å². The fourth-order valence-electron chi connectivity index (χ4n) is 4.29. The lowest BCUT2D eigenvalue weighted by atomic mass is 10.0. The zero-order valence-corrected chi connectivity index (χ0v) is 19.7. The average molecular weight is 520 g/mol. The van der Waals surface area contributed by atoms with E-state index in [4.69, 9.17) is 9.97 Å². The van der Waals surface area contributed by atoms with Gasteiger partial charge in [0.05, 0.1) is 16.9 Å². The van der Waals surface area contributed by atoms with Gasteiger partial charge in [-0.05, 0) is 36.4 Å². The SMILES string of the molecule is O=S(=O)(Oc1ccc(-c2cn3ccc4c(-c5ccccc5)nc5ccccc5c4c3n2)cc1)C(F)(F)F. The van der Waals surface area contributed by atoms with Crippen LogP contribution in [0.1, 0.15) is 0 Å². The molecule has 6 aromatic rings. The molecule has 0 aliphatic rings. The quantitative estimate of drug-likeness (QED) is 0.149. The Bertz CT molecular complexity index is 1900. The molecule has 6 nitrogen and oxygen atoms in total. The van der Waals surface area contributed by atoms with Gasteiger partial charge >= 0.3 is 15.6 Å². The maximum absolute atomic E-state index is 12.6. The predicted molar refractivity (Wildman–Crippen MR) is 134 cm³/mol. The van der Waals surface area contributed by atoms with Gasteiger partial charge in [0.15, 0.2) is 0 Å². The minimum absolute atomic E-state index is 0.445. The van der Waals surface area contributed by atoms with Crippen molar-refractivity contribution in [2.45, 2.75) is 5.51 Å². The summed E-state index contributed by atoms with van der Waals surface area (Å²) in [5, 5.41) is 2.77. The monoisotopic (exact) mass is 519 g/mol. The van der Waals surface area contributed by atoms with Crippen LogP contribution in [-0.4, -0.2) is 28.3 Å². The summed E-state index contributed by atoms with van der Waals surface area (Å²) in [6.07, 6.45) is 3.68. The summed E-state index contributed by atoms with van der Waals surface area (Å²) < 4.78 is 66.5. The first-order chi connectivity index (χ1) is 17.7. The molecule has 184 valence electrons. The second kappa shape index (κ2) is 8.31. The third-order valence-electron chi connectivity index (χ3n) is 5.97. The number of alkyl halides is 3. The average Bonchev–Trinajstić information content (AvgIpc) is 3.33. The molecule has 0 aliphatic heterocycles. The molecule has 0 saturated heterocycles. The third kappa shape index (κ3) is 3.95. The minimum Gasteiger partial charge on any atom is -0.376 e. The number of para-hydroxylation sites is 1. The second-order valence-corrected chi connectivity index (χ2v) is 9.85. The van der Waals surface area contributed by atoms with Crippen molar-refractivity contribution in [3.05, 3.63) is 97.3 Å². The summed E-state index contributed by atoms with van der Waals surface area (Å²) in [7, 11) is -5.75. The highest BCUT2D eigenvalue weighted by Crippen LogP contribution is 2.36. The van der Waals surface area contributed by atoms with Gasteiger partial charge in [0, 0.05) is 39.7 Å². The van der Waals surface area contributed by atoms with Gasteiger partial charge in [0.25, 0.3) is 0 Å². The molecular formula is C27H16F3N3O3S. The van der Waals surface area contributed by atoms with E-state index in [1.54, 1.807) is 6.20 Å². The van der Waals surface area contributed by atoms with Crippen molar-refractivity contribution in [3.8, 4) is 28.3 Å². The van der Waals surface area contributed by atoms with Crippen molar-refractivity contribution in [3.63, 3.8) is 0 Å². The molecular weight excluding hydrogens is 503 g/mol. The van der Waals surface area contributed by atoms with Crippen LogP contribution in [0.4, 0.5) is 13.2 Å². The van der Waals surface area contributed by atoms with Gasteiger partial charge in [-0.1, -0.05) is 48.5 Å². The van der Waals surface area contributed by atoms with Gasteiger partial charge in [0.2, 0.25) is 0 Å². The molecule has 0 saturated carbocycles. The molecule has 0 atom stereocenters. The highest BCUT2D eigenvalue weighted by Gasteiger charge is 2.48. The van der Waals surface area contributed by atoms with E-state index in [2.05, 4.69) is 4.18 Å². The number of benzene rings is 3. The van der Waals surface area contributed by atoms with Crippen molar-refractivity contribution < 1.29 is 25.8 Å². The van der Waals surface area contributed by atoms with E-state index < -0.39 is 21.4 Å². The molecule has 10 heteroatoms. The Morgan fingerprint density at radius 3 is 2.19 bits per heavy atom. The first kappa shape index (κ1) is 23.0. The Kier molecular flexibility index (Phi) is 5.16. The highest BCUT2D eigenvalue weighted by molar-refractivity contribution is 7.88. The smallest absolute Gasteiger partial charge is 0.376 e. The number of halogens is 3. The van der Waals surface area contributed by atoms with E-state index in [0.29, 0.717) is 16.9 Å². The van der Waals surface area contributed by atoms with Crippen molar-refractivity contribution in [1.82, 2.24) is 14.4 Å². The molecule has 0 aliphatic carbocycles. The van der Waals surface area contributed by atoms with Gasteiger partial charge in [-0.25, -0.2) is 9.97 Å². The summed E-state index contributed by atoms with van der Waals surface area (Å²) in [4.78, 5) is 9.76. The van der Waals surface area contributed by atoms with Gasteiger partial charge in [0.1, 0.15) is 11.4 Å². The van der Waals surface area contributed by atoms with E-state index in [1.165, 1.54) is 12.1 Å².